The van der Waals surface area contributed by atoms with Crippen LogP contribution in [0.2, 0.25) is 0 Å². The molecule has 2 aliphatic rings. The van der Waals surface area contributed by atoms with E-state index in [2.05, 4.69) is 55.1 Å². The smallest absolute Gasteiger partial charge is 0.133 e. The summed E-state index contributed by atoms with van der Waals surface area (Å²) in [5.74, 6) is 0.985. The molecule has 2 N–H and O–H groups in total. The number of fused-ring (bicyclic) bond motifs is 3. The van der Waals surface area contributed by atoms with E-state index in [4.69, 9.17) is 10.7 Å². The topological polar surface area (TPSA) is 41.6 Å². The molecule has 0 spiro atoms. The minimum atomic E-state index is -0.644. The number of rotatable bonds is 1. The van der Waals surface area contributed by atoms with Crippen molar-refractivity contribution in [3.8, 4) is 0 Å². The van der Waals surface area contributed by atoms with Gasteiger partial charge in [-0.15, -0.1) is 24.8 Å². The Morgan fingerprint density at radius 3 is 2.29 bits per heavy atom. The van der Waals surface area contributed by atoms with Crippen LogP contribution in [0.5, 0.6) is 0 Å². The summed E-state index contributed by atoms with van der Waals surface area (Å²) in [6.45, 7) is 6.29. The van der Waals surface area contributed by atoms with Crippen LogP contribution < -0.4 is 10.6 Å². The molecule has 2 aliphatic heterocycles. The second-order valence-electron chi connectivity index (χ2n) is 7.08. The molecule has 0 saturated heterocycles. The molecule has 0 aliphatic carbocycles. The highest BCUT2D eigenvalue weighted by Crippen LogP contribution is 2.46. The average molecular weight is 364 g/mol. The molecule has 0 saturated carbocycles. The van der Waals surface area contributed by atoms with Crippen molar-refractivity contribution in [2.45, 2.75) is 19.4 Å². The highest BCUT2D eigenvalue weighted by atomic mass is 35.5. The van der Waals surface area contributed by atoms with Crippen LogP contribution in [0.4, 0.5) is 5.69 Å². The zero-order valence-electron chi connectivity index (χ0n) is 13.9. The van der Waals surface area contributed by atoms with Crippen LogP contribution in [0.1, 0.15) is 25.0 Å². The lowest BCUT2D eigenvalue weighted by Crippen LogP contribution is -2.53. The summed E-state index contributed by atoms with van der Waals surface area (Å²) < 4.78 is 0. The van der Waals surface area contributed by atoms with Gasteiger partial charge in [0, 0.05) is 29.8 Å². The third kappa shape index (κ3) is 2.61. The first-order valence-electron chi connectivity index (χ1n) is 7.79. The first-order chi connectivity index (χ1) is 10.5. The van der Waals surface area contributed by atoms with Crippen molar-refractivity contribution in [3.63, 3.8) is 0 Å². The van der Waals surface area contributed by atoms with Gasteiger partial charge in [0.2, 0.25) is 0 Å². The number of halogens is 2. The Hall–Kier alpha value is -1.55. The van der Waals surface area contributed by atoms with Gasteiger partial charge in [-0.05, 0) is 11.6 Å². The maximum absolute atomic E-state index is 6.96. The van der Waals surface area contributed by atoms with Gasteiger partial charge in [-0.3, -0.25) is 4.99 Å². The van der Waals surface area contributed by atoms with Gasteiger partial charge in [0.25, 0.3) is 0 Å². The quantitative estimate of drug-likeness (QED) is 0.831. The van der Waals surface area contributed by atoms with E-state index in [1.54, 1.807) is 0 Å². The molecule has 1 atom stereocenters. The Bertz CT molecular complexity index is 758. The fourth-order valence-corrected chi connectivity index (χ4v) is 3.61. The van der Waals surface area contributed by atoms with E-state index in [1.165, 1.54) is 5.69 Å². The van der Waals surface area contributed by atoms with Gasteiger partial charge in [0.1, 0.15) is 11.4 Å². The van der Waals surface area contributed by atoms with Crippen molar-refractivity contribution in [2.24, 2.45) is 16.1 Å². The summed E-state index contributed by atoms with van der Waals surface area (Å²) in [5, 5.41) is 0. The van der Waals surface area contributed by atoms with Crippen LogP contribution in [0.15, 0.2) is 59.6 Å². The number of amidine groups is 1. The number of aliphatic imine (C=N–C) groups is 1. The SMILES string of the molecule is CC1(C)CN=C2N(C1)c1ccccc1C2(N)c1ccccc1.Cl.Cl. The van der Waals surface area contributed by atoms with E-state index in [0.29, 0.717) is 0 Å². The van der Waals surface area contributed by atoms with Crippen LogP contribution in [0, 0.1) is 5.41 Å². The fraction of sp³-hybridized carbons (Fsp3) is 0.316. The van der Waals surface area contributed by atoms with Crippen LogP contribution in [0.3, 0.4) is 0 Å². The Kier molecular flexibility index (Phi) is 5.01. The number of hydrogen-bond donors (Lipinski definition) is 1. The van der Waals surface area contributed by atoms with Crippen molar-refractivity contribution in [3.05, 3.63) is 65.7 Å². The Labute approximate surface area is 155 Å². The van der Waals surface area contributed by atoms with Crippen molar-refractivity contribution in [2.75, 3.05) is 18.0 Å². The molecule has 0 aromatic heterocycles. The Morgan fingerprint density at radius 1 is 0.958 bits per heavy atom. The summed E-state index contributed by atoms with van der Waals surface area (Å²) >= 11 is 0. The molecule has 128 valence electrons. The summed E-state index contributed by atoms with van der Waals surface area (Å²) in [6, 6.07) is 18.7. The normalized spacial score (nSPS) is 23.3. The van der Waals surface area contributed by atoms with Gasteiger partial charge in [-0.25, -0.2) is 0 Å². The van der Waals surface area contributed by atoms with E-state index in [9.17, 15) is 0 Å². The third-order valence-electron chi connectivity index (χ3n) is 4.70. The first-order valence-corrected chi connectivity index (χ1v) is 7.79. The summed E-state index contributed by atoms with van der Waals surface area (Å²) in [5.41, 5.74) is 9.93. The second kappa shape index (κ2) is 6.40. The summed E-state index contributed by atoms with van der Waals surface area (Å²) in [4.78, 5) is 7.22. The largest absolute Gasteiger partial charge is 0.327 e. The maximum Gasteiger partial charge on any atom is 0.133 e. The third-order valence-corrected chi connectivity index (χ3v) is 4.70. The maximum atomic E-state index is 6.96. The van der Waals surface area contributed by atoms with Gasteiger partial charge < -0.3 is 10.6 Å². The monoisotopic (exact) mass is 363 g/mol. The second-order valence-corrected chi connectivity index (χ2v) is 7.08. The van der Waals surface area contributed by atoms with E-state index in [1.807, 2.05) is 18.2 Å². The number of hydrogen-bond acceptors (Lipinski definition) is 3. The van der Waals surface area contributed by atoms with Crippen molar-refractivity contribution < 1.29 is 0 Å². The predicted molar refractivity (Wildman–Crippen MR) is 106 cm³/mol. The molecule has 3 nitrogen and oxygen atoms in total. The van der Waals surface area contributed by atoms with Gasteiger partial charge in [0.15, 0.2) is 0 Å². The van der Waals surface area contributed by atoms with Crippen molar-refractivity contribution in [1.29, 1.82) is 0 Å². The molecule has 0 bridgehead atoms. The number of benzene rings is 2. The molecule has 0 radical (unpaired) electrons. The molecule has 5 heteroatoms. The molecular formula is C19H23Cl2N3. The van der Waals surface area contributed by atoms with E-state index in [-0.39, 0.29) is 30.2 Å². The molecule has 1 unspecified atom stereocenters. The fourth-order valence-electron chi connectivity index (χ4n) is 3.61. The minimum Gasteiger partial charge on any atom is -0.327 e. The molecule has 2 heterocycles. The van der Waals surface area contributed by atoms with Crippen LogP contribution >= 0.6 is 24.8 Å². The van der Waals surface area contributed by atoms with Crippen LogP contribution in [0.25, 0.3) is 0 Å². The van der Waals surface area contributed by atoms with Gasteiger partial charge in [0.05, 0.1) is 0 Å². The highest BCUT2D eigenvalue weighted by Gasteiger charge is 2.49. The van der Waals surface area contributed by atoms with Crippen molar-refractivity contribution in [1.82, 2.24) is 0 Å². The molecule has 2 aromatic rings. The van der Waals surface area contributed by atoms with E-state index in [0.717, 1.165) is 30.1 Å². The zero-order valence-corrected chi connectivity index (χ0v) is 15.5. The summed E-state index contributed by atoms with van der Waals surface area (Å²) in [6.07, 6.45) is 0. The molecule has 2 aromatic carbocycles. The van der Waals surface area contributed by atoms with Crippen LogP contribution in [-0.4, -0.2) is 18.9 Å². The van der Waals surface area contributed by atoms with E-state index < -0.39 is 5.54 Å². The van der Waals surface area contributed by atoms with E-state index >= 15 is 0 Å². The predicted octanol–water partition coefficient (Wildman–Crippen LogP) is 3.99. The minimum absolute atomic E-state index is 0. The zero-order chi connectivity index (χ0) is 15.4. The summed E-state index contributed by atoms with van der Waals surface area (Å²) in [7, 11) is 0. The number of anilines is 1. The molecule has 4 rings (SSSR count). The standard InChI is InChI=1S/C19H21N3.2ClH/c1-18(2)12-21-17-19(20,14-8-4-3-5-9-14)15-10-6-7-11-16(15)22(17)13-18;;/h3-11H,12-13,20H2,1-2H3;2*1H. The first kappa shape index (κ1) is 18.8. The Balaban J connectivity index is 0.00000104. The Morgan fingerprint density at radius 2 is 1.58 bits per heavy atom. The molecular weight excluding hydrogens is 341 g/mol. The molecule has 24 heavy (non-hydrogen) atoms. The molecule has 0 fully saturated rings. The lowest BCUT2D eigenvalue weighted by molar-refractivity contribution is 0.379. The number of nitrogens with two attached hydrogens (primary N) is 1. The van der Waals surface area contributed by atoms with Crippen molar-refractivity contribution >= 4 is 36.3 Å². The molecule has 0 amide bonds. The number of para-hydroxylation sites is 1. The highest BCUT2D eigenvalue weighted by molar-refractivity contribution is 6.13. The van der Waals surface area contributed by atoms with Gasteiger partial charge in [-0.1, -0.05) is 62.4 Å². The lowest BCUT2D eigenvalue weighted by Gasteiger charge is -2.38. The van der Waals surface area contributed by atoms with Gasteiger partial charge >= 0.3 is 0 Å². The number of nitrogens with zero attached hydrogens (tertiary/aromatic N) is 2. The average Bonchev–Trinajstić information content (AvgIpc) is 2.78. The van der Waals surface area contributed by atoms with Crippen LogP contribution in [-0.2, 0) is 5.54 Å². The lowest BCUT2D eigenvalue weighted by atomic mass is 9.83. The van der Waals surface area contributed by atoms with Gasteiger partial charge in [-0.2, -0.15) is 0 Å².